The molecule has 0 aliphatic rings. The van der Waals surface area contributed by atoms with Crippen LogP contribution in [0.25, 0.3) is 0 Å². The molecule has 0 aliphatic carbocycles. The van der Waals surface area contributed by atoms with Crippen LogP contribution in [0.1, 0.15) is 30.7 Å². The summed E-state index contributed by atoms with van der Waals surface area (Å²) in [7, 11) is 0. The second-order valence-electron chi connectivity index (χ2n) is 10.1. The van der Waals surface area contributed by atoms with Crippen molar-refractivity contribution in [2.24, 2.45) is 11.7 Å². The van der Waals surface area contributed by atoms with E-state index >= 15 is 0 Å². The molecule has 0 aliphatic heterocycles. The maximum atomic E-state index is 13.4. The first-order valence-corrected chi connectivity index (χ1v) is 13.2. The molecule has 1 heterocycles. The van der Waals surface area contributed by atoms with Crippen molar-refractivity contribution in [2.75, 3.05) is 0 Å². The Kier molecular flexibility index (Phi) is 11.0. The summed E-state index contributed by atoms with van der Waals surface area (Å²) >= 11 is 0. The zero-order chi connectivity index (χ0) is 29.9. The molecule has 12 heteroatoms. The molecular weight excluding hydrogens is 528 g/mol. The van der Waals surface area contributed by atoms with Crippen molar-refractivity contribution >= 4 is 23.7 Å². The van der Waals surface area contributed by atoms with Crippen LogP contribution < -0.4 is 21.7 Å². The van der Waals surface area contributed by atoms with Crippen molar-refractivity contribution in [3.63, 3.8) is 0 Å². The first kappa shape index (κ1) is 30.8. The van der Waals surface area contributed by atoms with E-state index in [0.717, 1.165) is 5.56 Å². The number of carboxylic acid groups (broad SMARTS) is 1. The number of H-pyrrole nitrogens is 1. The molecule has 12 nitrogen and oxygen atoms in total. The van der Waals surface area contributed by atoms with E-state index in [2.05, 4.69) is 25.9 Å². The third kappa shape index (κ3) is 9.46. The number of carbonyl (C=O) groups is 4. The number of benzene rings is 2. The monoisotopic (exact) mass is 564 g/mol. The molecule has 0 saturated heterocycles. The number of imidazole rings is 1. The van der Waals surface area contributed by atoms with Gasteiger partial charge in [0.25, 0.3) is 0 Å². The maximum Gasteiger partial charge on any atom is 0.326 e. The first-order valence-electron chi connectivity index (χ1n) is 13.2. The lowest BCUT2D eigenvalue weighted by Gasteiger charge is -2.27. The van der Waals surface area contributed by atoms with Gasteiger partial charge in [0.2, 0.25) is 17.7 Å². The van der Waals surface area contributed by atoms with Gasteiger partial charge in [0, 0.05) is 31.2 Å². The van der Waals surface area contributed by atoms with Crippen LogP contribution in [0.5, 0.6) is 5.75 Å². The van der Waals surface area contributed by atoms with E-state index in [0.29, 0.717) is 11.3 Å². The summed E-state index contributed by atoms with van der Waals surface area (Å²) in [4.78, 5) is 58.4. The highest BCUT2D eigenvalue weighted by atomic mass is 16.4. The lowest BCUT2D eigenvalue weighted by atomic mass is 9.99. The molecule has 41 heavy (non-hydrogen) atoms. The number of aromatic hydroxyl groups is 1. The van der Waals surface area contributed by atoms with Gasteiger partial charge < -0.3 is 36.9 Å². The third-order valence-corrected chi connectivity index (χ3v) is 6.48. The number of phenolic OH excluding ortho intramolecular Hbond substituents is 1. The quantitative estimate of drug-likeness (QED) is 0.148. The largest absolute Gasteiger partial charge is 0.508 e. The first-order chi connectivity index (χ1) is 19.5. The Morgan fingerprint density at radius 2 is 1.44 bits per heavy atom. The highest BCUT2D eigenvalue weighted by Gasteiger charge is 2.32. The standard InChI is InChI=1S/C29H36N6O6/c1-17(2)25(35-26(37)22(30)14-20-15-31-16-32-20)28(39)33-23(12-18-6-4-3-5-7-18)27(38)34-24(29(40)41)13-19-8-10-21(36)11-9-19/h3-11,15-17,22-25,36H,12-14,30H2,1-2H3,(H,31,32)(H,33,39)(H,34,38)(H,35,37)(H,40,41). The molecule has 0 saturated carbocycles. The van der Waals surface area contributed by atoms with Crippen LogP contribution in [0.15, 0.2) is 67.1 Å². The Morgan fingerprint density at radius 3 is 2.02 bits per heavy atom. The SMILES string of the molecule is CC(C)C(NC(=O)C(N)Cc1cnc[nH]1)C(=O)NC(Cc1ccccc1)C(=O)NC(Cc1ccc(O)cc1)C(=O)O. The van der Waals surface area contributed by atoms with Crippen LogP contribution in [-0.4, -0.2) is 68.0 Å². The minimum absolute atomic E-state index is 0.0318. The molecule has 218 valence electrons. The average Bonchev–Trinajstić information content (AvgIpc) is 3.45. The highest BCUT2D eigenvalue weighted by Crippen LogP contribution is 2.13. The van der Waals surface area contributed by atoms with Crippen molar-refractivity contribution in [2.45, 2.75) is 57.3 Å². The Bertz CT molecular complexity index is 1300. The second kappa shape index (κ2) is 14.6. The summed E-state index contributed by atoms with van der Waals surface area (Å²) < 4.78 is 0. The number of phenols is 1. The molecule has 3 rings (SSSR count). The molecule has 3 amide bonds. The molecule has 3 aromatic rings. The Morgan fingerprint density at radius 1 is 0.829 bits per heavy atom. The van der Waals surface area contributed by atoms with Crippen LogP contribution in [0.4, 0.5) is 0 Å². The molecule has 4 atom stereocenters. The molecule has 0 bridgehead atoms. The summed E-state index contributed by atoms with van der Waals surface area (Å²) in [6, 6.07) is 10.6. The van der Waals surface area contributed by atoms with E-state index in [1.165, 1.54) is 18.5 Å². The number of aromatic amines is 1. The molecular formula is C29H36N6O6. The molecule has 4 unspecified atom stereocenters. The van der Waals surface area contributed by atoms with E-state index in [9.17, 15) is 29.4 Å². The third-order valence-electron chi connectivity index (χ3n) is 6.48. The average molecular weight is 565 g/mol. The fourth-order valence-electron chi connectivity index (χ4n) is 4.18. The number of carbonyl (C=O) groups excluding carboxylic acids is 3. The zero-order valence-corrected chi connectivity index (χ0v) is 22.9. The minimum Gasteiger partial charge on any atom is -0.508 e. The van der Waals surface area contributed by atoms with Gasteiger partial charge in [-0.2, -0.15) is 0 Å². The summed E-state index contributed by atoms with van der Waals surface area (Å²) in [5.41, 5.74) is 8.03. The predicted octanol–water partition coefficient (Wildman–Crippen LogP) is 0.666. The van der Waals surface area contributed by atoms with Crippen molar-refractivity contribution in [1.29, 1.82) is 0 Å². The van der Waals surface area contributed by atoms with Crippen LogP contribution >= 0.6 is 0 Å². The number of aromatic nitrogens is 2. The number of nitrogens with one attached hydrogen (secondary N) is 4. The molecule has 0 spiro atoms. The number of carboxylic acids is 1. The van der Waals surface area contributed by atoms with Gasteiger partial charge in [0.05, 0.1) is 12.4 Å². The Balaban J connectivity index is 1.75. The number of hydrogen-bond donors (Lipinski definition) is 7. The number of rotatable bonds is 14. The summed E-state index contributed by atoms with van der Waals surface area (Å²) in [6.45, 7) is 3.49. The van der Waals surface area contributed by atoms with E-state index in [4.69, 9.17) is 5.73 Å². The zero-order valence-electron chi connectivity index (χ0n) is 22.9. The Labute approximate surface area is 237 Å². The van der Waals surface area contributed by atoms with Gasteiger partial charge in [-0.15, -0.1) is 0 Å². The lowest BCUT2D eigenvalue weighted by molar-refractivity contribution is -0.142. The maximum absolute atomic E-state index is 13.4. The van der Waals surface area contributed by atoms with Gasteiger partial charge in [0.1, 0.15) is 23.9 Å². The van der Waals surface area contributed by atoms with Crippen LogP contribution in [0.2, 0.25) is 0 Å². The molecule has 0 radical (unpaired) electrons. The number of amides is 3. The van der Waals surface area contributed by atoms with Crippen molar-refractivity contribution in [3.8, 4) is 5.75 Å². The Hall–Kier alpha value is -4.71. The van der Waals surface area contributed by atoms with Gasteiger partial charge in [-0.05, 0) is 29.2 Å². The number of nitrogens with two attached hydrogens (primary N) is 1. The second-order valence-corrected chi connectivity index (χ2v) is 10.1. The topological polar surface area (TPSA) is 200 Å². The van der Waals surface area contributed by atoms with Crippen molar-refractivity contribution in [3.05, 3.63) is 83.9 Å². The van der Waals surface area contributed by atoms with Gasteiger partial charge >= 0.3 is 5.97 Å². The van der Waals surface area contributed by atoms with Crippen molar-refractivity contribution in [1.82, 2.24) is 25.9 Å². The molecule has 1 aromatic heterocycles. The predicted molar refractivity (Wildman–Crippen MR) is 150 cm³/mol. The van der Waals surface area contributed by atoms with Crippen molar-refractivity contribution < 1.29 is 29.4 Å². The highest BCUT2D eigenvalue weighted by molar-refractivity contribution is 5.94. The van der Waals surface area contributed by atoms with Crippen LogP contribution in [0.3, 0.4) is 0 Å². The number of hydrogen-bond acceptors (Lipinski definition) is 7. The van der Waals surface area contributed by atoms with E-state index in [-0.39, 0.29) is 30.9 Å². The molecule has 0 fully saturated rings. The number of nitrogens with zero attached hydrogens (tertiary/aromatic N) is 1. The van der Waals surface area contributed by atoms with Gasteiger partial charge in [-0.3, -0.25) is 14.4 Å². The van der Waals surface area contributed by atoms with Gasteiger partial charge in [-0.25, -0.2) is 9.78 Å². The van der Waals surface area contributed by atoms with Gasteiger partial charge in [0.15, 0.2) is 0 Å². The normalized spacial score (nSPS) is 14.0. The van der Waals surface area contributed by atoms with Crippen LogP contribution in [0, 0.1) is 5.92 Å². The van der Waals surface area contributed by atoms with E-state index in [1.54, 1.807) is 56.4 Å². The molecule has 2 aromatic carbocycles. The summed E-state index contributed by atoms with van der Waals surface area (Å²) in [5.74, 6) is -3.42. The lowest BCUT2D eigenvalue weighted by Crippen LogP contribution is -2.59. The van der Waals surface area contributed by atoms with Crippen LogP contribution in [-0.2, 0) is 38.4 Å². The fraction of sp³-hybridized carbons (Fsp3) is 0.345. The smallest absolute Gasteiger partial charge is 0.326 e. The van der Waals surface area contributed by atoms with E-state index in [1.807, 2.05) is 6.07 Å². The van der Waals surface area contributed by atoms with E-state index < -0.39 is 47.9 Å². The summed E-state index contributed by atoms with van der Waals surface area (Å²) in [6.07, 6.45) is 3.27. The summed E-state index contributed by atoms with van der Waals surface area (Å²) in [5, 5.41) is 27.2. The minimum atomic E-state index is -1.29. The fourth-order valence-corrected chi connectivity index (χ4v) is 4.18. The number of aliphatic carboxylic acids is 1. The van der Waals surface area contributed by atoms with Gasteiger partial charge in [-0.1, -0.05) is 56.3 Å². The molecule has 8 N–H and O–H groups in total.